The normalized spacial score (nSPS) is 15.6. The zero-order valence-corrected chi connectivity index (χ0v) is 21.0. The number of aryl methyl sites for hydroxylation is 1. The van der Waals surface area contributed by atoms with Crippen molar-refractivity contribution in [3.63, 3.8) is 0 Å². The third-order valence-corrected chi connectivity index (χ3v) is 7.03. The lowest BCUT2D eigenvalue weighted by Crippen LogP contribution is -2.37. The van der Waals surface area contributed by atoms with Crippen molar-refractivity contribution in [1.29, 1.82) is 0 Å². The quantitative estimate of drug-likeness (QED) is 0.245. The fraction of sp³-hybridized carbons (Fsp3) is 0.194. The monoisotopic (exact) mass is 513 g/mol. The predicted molar refractivity (Wildman–Crippen MR) is 146 cm³/mol. The van der Waals surface area contributed by atoms with Crippen LogP contribution in [-0.2, 0) is 12.8 Å². The van der Waals surface area contributed by atoms with E-state index in [-0.39, 0.29) is 5.56 Å². The van der Waals surface area contributed by atoms with E-state index < -0.39 is 12.1 Å². The Morgan fingerprint density at radius 3 is 2.32 bits per heavy atom. The van der Waals surface area contributed by atoms with Crippen LogP contribution >= 0.6 is 11.6 Å². The molecule has 4 aromatic carbocycles. The molecule has 0 spiro atoms. The van der Waals surface area contributed by atoms with Gasteiger partial charge in [0.05, 0.1) is 11.7 Å². The molecule has 0 bridgehead atoms. The van der Waals surface area contributed by atoms with Crippen LogP contribution in [0.1, 0.15) is 39.6 Å². The molecule has 1 aliphatic carbocycles. The lowest BCUT2D eigenvalue weighted by atomic mass is 9.86. The second kappa shape index (κ2) is 11.2. The fourth-order valence-corrected chi connectivity index (χ4v) is 4.94. The number of aromatic carboxylic acids is 1. The van der Waals surface area contributed by atoms with Crippen LogP contribution in [-0.4, -0.2) is 28.8 Å². The number of nitrogens with one attached hydrogen (secondary N) is 1. The molecule has 1 aliphatic rings. The lowest BCUT2D eigenvalue weighted by molar-refractivity contribution is 0.0697. The molecule has 0 aromatic heterocycles. The summed E-state index contributed by atoms with van der Waals surface area (Å²) in [4.78, 5) is 11.0. The van der Waals surface area contributed by atoms with Crippen molar-refractivity contribution >= 4 is 17.6 Å². The summed E-state index contributed by atoms with van der Waals surface area (Å²) in [6, 6.07) is 28.6. The van der Waals surface area contributed by atoms with Crippen molar-refractivity contribution in [3.05, 3.63) is 118 Å². The Balaban J connectivity index is 1.21. The first-order valence-corrected chi connectivity index (χ1v) is 12.7. The van der Waals surface area contributed by atoms with Crippen LogP contribution in [0, 0.1) is 0 Å². The number of carboxylic acids is 1. The maximum absolute atomic E-state index is 11.0. The molecule has 37 heavy (non-hydrogen) atoms. The highest BCUT2D eigenvalue weighted by molar-refractivity contribution is 6.30. The highest BCUT2D eigenvalue weighted by Gasteiger charge is 2.20. The van der Waals surface area contributed by atoms with Gasteiger partial charge in [-0.1, -0.05) is 54.1 Å². The molecule has 0 aliphatic heterocycles. The minimum absolute atomic E-state index is 0.227. The van der Waals surface area contributed by atoms with Crippen molar-refractivity contribution in [1.82, 2.24) is 5.32 Å². The smallest absolute Gasteiger partial charge is 0.335 e. The average molecular weight is 514 g/mol. The summed E-state index contributed by atoms with van der Waals surface area (Å²) in [5.74, 6) is 0.316. The van der Waals surface area contributed by atoms with Crippen molar-refractivity contribution < 1.29 is 19.7 Å². The largest absolute Gasteiger partial charge is 0.478 e. The fourth-order valence-electron chi connectivity index (χ4n) is 4.74. The zero-order valence-electron chi connectivity index (χ0n) is 20.2. The molecule has 4 aromatic rings. The molecular formula is C31H28ClNO4. The van der Waals surface area contributed by atoms with Crippen LogP contribution in [0.25, 0.3) is 11.1 Å². The van der Waals surface area contributed by atoms with Gasteiger partial charge in [0.25, 0.3) is 0 Å². The number of aliphatic hydroxyl groups excluding tert-OH is 1. The summed E-state index contributed by atoms with van der Waals surface area (Å²) < 4.78 is 5.86. The van der Waals surface area contributed by atoms with E-state index in [2.05, 4.69) is 23.5 Å². The van der Waals surface area contributed by atoms with Crippen LogP contribution in [0.3, 0.4) is 0 Å². The van der Waals surface area contributed by atoms with Gasteiger partial charge in [-0.3, -0.25) is 0 Å². The Hall–Kier alpha value is -3.64. The van der Waals surface area contributed by atoms with E-state index in [1.165, 1.54) is 23.3 Å². The highest BCUT2D eigenvalue weighted by Crippen LogP contribution is 2.30. The van der Waals surface area contributed by atoms with Gasteiger partial charge in [0, 0.05) is 17.6 Å². The Kier molecular flexibility index (Phi) is 7.56. The number of rotatable bonds is 8. The van der Waals surface area contributed by atoms with Gasteiger partial charge in [0.1, 0.15) is 11.5 Å². The first-order chi connectivity index (χ1) is 17.9. The summed E-state index contributed by atoms with van der Waals surface area (Å²) in [5, 5.41) is 23.8. The van der Waals surface area contributed by atoms with Crippen molar-refractivity contribution in [2.45, 2.75) is 31.4 Å². The number of hydrogen-bond acceptors (Lipinski definition) is 4. The second-order valence-corrected chi connectivity index (χ2v) is 9.79. The van der Waals surface area contributed by atoms with Gasteiger partial charge >= 0.3 is 5.97 Å². The molecule has 6 heteroatoms. The van der Waals surface area contributed by atoms with E-state index in [9.17, 15) is 9.90 Å². The van der Waals surface area contributed by atoms with Crippen LogP contribution in [0.4, 0.5) is 0 Å². The molecular weight excluding hydrogens is 486 g/mol. The van der Waals surface area contributed by atoms with Crippen molar-refractivity contribution in [3.8, 4) is 22.6 Å². The summed E-state index contributed by atoms with van der Waals surface area (Å²) in [5.41, 5.74) is 6.01. The highest BCUT2D eigenvalue weighted by atomic mass is 35.5. The molecule has 0 saturated heterocycles. The van der Waals surface area contributed by atoms with Gasteiger partial charge in [0.15, 0.2) is 0 Å². The van der Waals surface area contributed by atoms with Gasteiger partial charge in [-0.15, -0.1) is 0 Å². The van der Waals surface area contributed by atoms with E-state index >= 15 is 0 Å². The molecule has 5 nitrogen and oxygen atoms in total. The first-order valence-electron chi connectivity index (χ1n) is 12.3. The van der Waals surface area contributed by atoms with E-state index in [0.717, 1.165) is 36.0 Å². The molecule has 0 fully saturated rings. The predicted octanol–water partition coefficient (Wildman–Crippen LogP) is 6.68. The summed E-state index contributed by atoms with van der Waals surface area (Å²) in [6.07, 6.45) is 2.36. The number of benzene rings is 4. The summed E-state index contributed by atoms with van der Waals surface area (Å²) >= 11 is 6.06. The second-order valence-electron chi connectivity index (χ2n) is 9.36. The number of fused-ring (bicyclic) bond motifs is 1. The SMILES string of the molecule is O=C(O)c1ccc(Oc2ccc(-c3ccc4c(c3)C[C@@H](NC[C@@H](O)c3cccc(Cl)c3)CC4)cc2)cc1. The van der Waals surface area contributed by atoms with E-state index in [0.29, 0.717) is 29.1 Å². The Morgan fingerprint density at radius 2 is 1.62 bits per heavy atom. The van der Waals surface area contributed by atoms with Crippen LogP contribution in [0.2, 0.25) is 5.02 Å². The molecule has 0 saturated carbocycles. The maximum Gasteiger partial charge on any atom is 0.335 e. The van der Waals surface area contributed by atoms with Gasteiger partial charge in [0.2, 0.25) is 0 Å². The molecule has 188 valence electrons. The number of aliphatic hydroxyl groups is 1. The number of hydrogen-bond donors (Lipinski definition) is 3. The molecule has 2 atom stereocenters. The number of ether oxygens (including phenoxy) is 1. The average Bonchev–Trinajstić information content (AvgIpc) is 2.92. The van der Waals surface area contributed by atoms with E-state index in [1.54, 1.807) is 12.1 Å². The Morgan fingerprint density at radius 1 is 0.919 bits per heavy atom. The minimum atomic E-state index is -0.960. The zero-order chi connectivity index (χ0) is 25.8. The van der Waals surface area contributed by atoms with Gasteiger partial charge in [-0.05, 0) is 95.6 Å². The summed E-state index contributed by atoms with van der Waals surface area (Å²) in [7, 11) is 0. The Bertz CT molecular complexity index is 1390. The molecule has 3 N–H and O–H groups in total. The molecule has 0 unspecified atom stereocenters. The van der Waals surface area contributed by atoms with Crippen LogP contribution in [0.5, 0.6) is 11.5 Å². The van der Waals surface area contributed by atoms with Crippen LogP contribution in [0.15, 0.2) is 91.0 Å². The summed E-state index contributed by atoms with van der Waals surface area (Å²) in [6.45, 7) is 0.487. The number of carboxylic acid groups (broad SMARTS) is 1. The number of carbonyl (C=O) groups is 1. The van der Waals surface area contributed by atoms with Gasteiger partial charge < -0.3 is 20.3 Å². The molecule has 0 heterocycles. The molecule has 0 amide bonds. The third-order valence-electron chi connectivity index (χ3n) is 6.79. The van der Waals surface area contributed by atoms with E-state index in [4.69, 9.17) is 21.4 Å². The standard InChI is InChI=1S/C31H28ClNO4/c32-26-3-1-2-24(17-26)30(34)19-33-27-11-6-21-4-5-23(16-25(21)18-27)20-7-12-28(13-8-20)37-29-14-9-22(10-15-29)31(35)36/h1-5,7-10,12-17,27,30,33-34H,6,11,18-19H2,(H,35,36)/t27-,30+/m0/s1. The van der Waals surface area contributed by atoms with E-state index in [1.807, 2.05) is 48.5 Å². The topological polar surface area (TPSA) is 78.8 Å². The van der Waals surface area contributed by atoms with Crippen molar-refractivity contribution in [2.75, 3.05) is 6.54 Å². The molecule has 0 radical (unpaired) electrons. The Labute approximate surface area is 221 Å². The maximum atomic E-state index is 11.0. The number of halogens is 1. The van der Waals surface area contributed by atoms with Crippen molar-refractivity contribution in [2.24, 2.45) is 0 Å². The molecule has 5 rings (SSSR count). The minimum Gasteiger partial charge on any atom is -0.478 e. The van der Waals surface area contributed by atoms with Gasteiger partial charge in [-0.2, -0.15) is 0 Å². The first kappa shape index (κ1) is 25.0. The lowest BCUT2D eigenvalue weighted by Gasteiger charge is -2.27. The third kappa shape index (κ3) is 6.20. The van der Waals surface area contributed by atoms with Gasteiger partial charge in [-0.25, -0.2) is 4.79 Å². The van der Waals surface area contributed by atoms with Crippen LogP contribution < -0.4 is 10.1 Å².